The third-order valence-corrected chi connectivity index (χ3v) is 3.64. The molecule has 18 heavy (non-hydrogen) atoms. The molecule has 1 unspecified atom stereocenters. The second-order valence-electron chi connectivity index (χ2n) is 6.66. The summed E-state index contributed by atoms with van der Waals surface area (Å²) in [5.41, 5.74) is 0. The molecule has 0 radical (unpaired) electrons. The highest BCUT2D eigenvalue weighted by atomic mass is 16.1. The quantitative estimate of drug-likeness (QED) is 0.681. The van der Waals surface area contributed by atoms with Gasteiger partial charge in [0.1, 0.15) is 0 Å². The molecule has 0 aromatic heterocycles. The van der Waals surface area contributed by atoms with Crippen molar-refractivity contribution in [3.05, 3.63) is 0 Å². The van der Waals surface area contributed by atoms with E-state index in [1.165, 1.54) is 0 Å². The van der Waals surface area contributed by atoms with Gasteiger partial charge in [-0.15, -0.1) is 0 Å². The van der Waals surface area contributed by atoms with Crippen LogP contribution in [0, 0.1) is 0 Å². The average molecular weight is 256 g/mol. The molecule has 4 heteroatoms. The first-order valence-electron chi connectivity index (χ1n) is 7.10. The van der Waals surface area contributed by atoms with E-state index in [4.69, 9.17) is 0 Å². The van der Waals surface area contributed by atoms with Crippen molar-refractivity contribution in [3.63, 3.8) is 0 Å². The number of hydrogen-bond acceptors (Lipinski definition) is 3. The van der Waals surface area contributed by atoms with Crippen molar-refractivity contribution < 1.29 is 9.28 Å². The Kier molecular flexibility index (Phi) is 5.76. The number of nitrogens with zero attached hydrogens (tertiary/aromatic N) is 2. The Morgan fingerprint density at radius 1 is 1.33 bits per heavy atom. The van der Waals surface area contributed by atoms with Gasteiger partial charge in [-0.05, 0) is 20.3 Å². The van der Waals surface area contributed by atoms with Crippen LogP contribution in [-0.2, 0) is 4.79 Å². The molecule has 1 saturated heterocycles. The third-order valence-electron chi connectivity index (χ3n) is 3.64. The summed E-state index contributed by atoms with van der Waals surface area (Å²) in [7, 11) is 6.67. The monoisotopic (exact) mass is 256 g/mol. The Hall–Kier alpha value is -0.450. The van der Waals surface area contributed by atoms with Crippen LogP contribution < -0.4 is 5.32 Å². The molecule has 1 aliphatic heterocycles. The van der Waals surface area contributed by atoms with Crippen molar-refractivity contribution in [3.8, 4) is 0 Å². The molecule has 1 heterocycles. The van der Waals surface area contributed by atoms with Crippen LogP contribution in [0.15, 0.2) is 0 Å². The molecule has 0 spiro atoms. The number of nitrogens with one attached hydrogen (secondary N) is 1. The molecule has 4 nitrogen and oxygen atoms in total. The van der Waals surface area contributed by atoms with Gasteiger partial charge in [0.25, 0.3) is 0 Å². The van der Waals surface area contributed by atoms with E-state index in [-0.39, 0.29) is 6.04 Å². The van der Waals surface area contributed by atoms with Crippen molar-refractivity contribution >= 4 is 5.78 Å². The first-order valence-corrected chi connectivity index (χ1v) is 7.10. The third kappa shape index (κ3) is 5.46. The lowest BCUT2D eigenvalue weighted by Crippen LogP contribution is -2.45. The van der Waals surface area contributed by atoms with E-state index < -0.39 is 0 Å². The summed E-state index contributed by atoms with van der Waals surface area (Å²) in [6.07, 6.45) is 1.67. The Morgan fingerprint density at radius 3 is 2.44 bits per heavy atom. The predicted octanol–water partition coefficient (Wildman–Crippen LogP) is 0.724. The second kappa shape index (κ2) is 6.64. The van der Waals surface area contributed by atoms with Crippen molar-refractivity contribution in [2.75, 3.05) is 47.3 Å². The lowest BCUT2D eigenvalue weighted by atomic mass is 10.1. The second-order valence-corrected chi connectivity index (χ2v) is 6.66. The van der Waals surface area contributed by atoms with E-state index in [2.05, 4.69) is 45.2 Å². The molecule has 0 saturated carbocycles. The first kappa shape index (κ1) is 15.6. The van der Waals surface area contributed by atoms with Gasteiger partial charge in [-0.2, -0.15) is 0 Å². The van der Waals surface area contributed by atoms with Gasteiger partial charge < -0.3 is 9.80 Å². The molecule has 106 valence electrons. The van der Waals surface area contributed by atoms with Crippen LogP contribution in [0.25, 0.3) is 0 Å². The summed E-state index contributed by atoms with van der Waals surface area (Å²) in [6.45, 7) is 8.59. The van der Waals surface area contributed by atoms with Gasteiger partial charge in [-0.1, -0.05) is 0 Å². The van der Waals surface area contributed by atoms with Gasteiger partial charge in [0.2, 0.25) is 0 Å². The van der Waals surface area contributed by atoms with Crippen LogP contribution in [0.1, 0.15) is 26.7 Å². The molecule has 1 aliphatic rings. The molecular weight excluding hydrogens is 226 g/mol. The van der Waals surface area contributed by atoms with Crippen LogP contribution in [0.3, 0.4) is 0 Å². The fourth-order valence-corrected chi connectivity index (χ4v) is 2.27. The van der Waals surface area contributed by atoms with Crippen LogP contribution in [-0.4, -0.2) is 74.6 Å². The number of hydrogen-bond donors (Lipinski definition) is 1. The van der Waals surface area contributed by atoms with Crippen LogP contribution in [0.4, 0.5) is 0 Å². The maximum Gasteiger partial charge on any atom is 0.151 e. The fraction of sp³-hybridized carbons (Fsp3) is 0.929. The molecule has 1 rings (SSSR count). The molecule has 1 fully saturated rings. The molecule has 0 aliphatic carbocycles. The van der Waals surface area contributed by atoms with Crippen LogP contribution in [0.5, 0.6) is 0 Å². The van der Waals surface area contributed by atoms with E-state index in [1.54, 1.807) is 0 Å². The largest absolute Gasteiger partial charge is 0.330 e. The number of carbonyl (C=O) groups is 1. The first-order chi connectivity index (χ1) is 8.29. The summed E-state index contributed by atoms with van der Waals surface area (Å²) in [5, 5.41) is 3.29. The normalized spacial score (nSPS) is 21.3. The van der Waals surface area contributed by atoms with Gasteiger partial charge in [-0.3, -0.25) is 9.69 Å². The Balaban J connectivity index is 2.36. The van der Waals surface area contributed by atoms with Gasteiger partial charge in [-0.25, -0.2) is 0 Å². The van der Waals surface area contributed by atoms with Crippen molar-refractivity contribution in [1.29, 1.82) is 0 Å². The minimum Gasteiger partial charge on any atom is -0.330 e. The lowest BCUT2D eigenvalue weighted by Gasteiger charge is -2.31. The summed E-state index contributed by atoms with van der Waals surface area (Å²) in [6, 6.07) is 0.656. The molecule has 1 atom stereocenters. The highest BCUT2D eigenvalue weighted by Gasteiger charge is 2.24. The van der Waals surface area contributed by atoms with Crippen molar-refractivity contribution in [1.82, 2.24) is 10.2 Å². The number of likely N-dealkylation sites (N-methyl/N-ethyl adjacent to an activating group) is 1. The maximum absolute atomic E-state index is 11.6. The Bertz CT molecular complexity index is 271. The summed E-state index contributed by atoms with van der Waals surface area (Å²) < 4.78 is 0.990. The van der Waals surface area contributed by atoms with Gasteiger partial charge in [0.05, 0.1) is 33.7 Å². The van der Waals surface area contributed by atoms with E-state index >= 15 is 0 Å². The summed E-state index contributed by atoms with van der Waals surface area (Å²) >= 11 is 0. The van der Waals surface area contributed by atoms with Crippen molar-refractivity contribution in [2.24, 2.45) is 0 Å². The number of quaternary nitrogens is 1. The molecule has 0 bridgehead atoms. The van der Waals surface area contributed by atoms with Gasteiger partial charge >= 0.3 is 0 Å². The van der Waals surface area contributed by atoms with E-state index in [0.29, 0.717) is 18.2 Å². The van der Waals surface area contributed by atoms with Gasteiger partial charge in [0, 0.05) is 32.1 Å². The Morgan fingerprint density at radius 2 is 2.00 bits per heavy atom. The Labute approximate surface area is 112 Å². The van der Waals surface area contributed by atoms with E-state index in [9.17, 15) is 4.79 Å². The number of carbonyl (C=O) groups excluding carboxylic acids is 1. The minimum absolute atomic E-state index is 0.107. The highest BCUT2D eigenvalue weighted by molar-refractivity contribution is 5.86. The lowest BCUT2D eigenvalue weighted by molar-refractivity contribution is -0.869. The van der Waals surface area contributed by atoms with E-state index in [1.807, 2.05) is 0 Å². The topological polar surface area (TPSA) is 32.3 Å². The predicted molar refractivity (Wildman–Crippen MR) is 75.6 cm³/mol. The fourth-order valence-electron chi connectivity index (χ4n) is 2.27. The zero-order valence-corrected chi connectivity index (χ0v) is 12.7. The average Bonchev–Trinajstić information content (AvgIpc) is 2.62. The molecule has 1 N–H and O–H groups in total. The summed E-state index contributed by atoms with van der Waals surface area (Å²) in [4.78, 5) is 14.1. The summed E-state index contributed by atoms with van der Waals surface area (Å²) in [5.74, 6) is 0.394. The number of Topliss-reactive ketones (excluding diaryl/α,β-unsaturated/α-hetero) is 1. The molecule has 0 aromatic carbocycles. The molecule has 0 aromatic rings. The zero-order chi connectivity index (χ0) is 13.8. The SMILES string of the molecule is CC(C)N(CCC1NCCC1=O)CC[N+](C)(C)C. The van der Waals surface area contributed by atoms with Crippen molar-refractivity contribution in [2.45, 2.75) is 38.8 Å². The molecule has 0 amide bonds. The highest BCUT2D eigenvalue weighted by Crippen LogP contribution is 2.08. The smallest absolute Gasteiger partial charge is 0.151 e. The van der Waals surface area contributed by atoms with Crippen LogP contribution in [0.2, 0.25) is 0 Å². The van der Waals surface area contributed by atoms with E-state index in [0.717, 1.165) is 37.1 Å². The number of ketones is 1. The minimum atomic E-state index is 0.107. The standard InChI is InChI=1S/C14H30N3O/c1-12(2)16(10-11-17(3,4)5)9-7-13-14(18)6-8-15-13/h12-13,15H,6-11H2,1-5H3/q+1. The number of rotatable bonds is 7. The van der Waals surface area contributed by atoms with Gasteiger partial charge in [0.15, 0.2) is 5.78 Å². The van der Waals surface area contributed by atoms with Crippen LogP contribution >= 0.6 is 0 Å². The molecular formula is C14H30N3O+. The maximum atomic E-state index is 11.6. The zero-order valence-electron chi connectivity index (χ0n) is 12.7.